The van der Waals surface area contributed by atoms with Crippen molar-refractivity contribution in [1.29, 1.82) is 0 Å². The van der Waals surface area contributed by atoms with Crippen molar-refractivity contribution in [3.63, 3.8) is 0 Å². The SMILES string of the molecule is C[C@H](C(=O)NC1CCCC1)N(Cc1cccc(Cl)c1)C(=O)CSCc1ccc(Cl)c(Cl)c1. The number of nitrogens with one attached hydrogen (secondary N) is 1. The van der Waals surface area contributed by atoms with Gasteiger partial charge in [-0.3, -0.25) is 9.59 Å². The Bertz CT molecular complexity index is 951. The number of halogens is 3. The second kappa shape index (κ2) is 12.2. The van der Waals surface area contributed by atoms with Gasteiger partial charge >= 0.3 is 0 Å². The van der Waals surface area contributed by atoms with E-state index >= 15 is 0 Å². The Hall–Kier alpha value is -1.40. The van der Waals surface area contributed by atoms with Gasteiger partial charge in [-0.2, -0.15) is 0 Å². The fourth-order valence-corrected chi connectivity index (χ4v) is 5.17. The van der Waals surface area contributed by atoms with E-state index in [0.717, 1.165) is 36.8 Å². The number of hydrogen-bond donors (Lipinski definition) is 1. The first-order chi connectivity index (χ1) is 15.3. The monoisotopic (exact) mass is 512 g/mol. The molecular weight excluding hydrogens is 487 g/mol. The van der Waals surface area contributed by atoms with Crippen molar-refractivity contribution in [2.45, 2.75) is 57.0 Å². The second-order valence-electron chi connectivity index (χ2n) is 8.06. The zero-order valence-corrected chi connectivity index (χ0v) is 21.0. The maximum absolute atomic E-state index is 13.2. The van der Waals surface area contributed by atoms with Gasteiger partial charge in [0.15, 0.2) is 0 Å². The molecule has 8 heteroatoms. The lowest BCUT2D eigenvalue weighted by Gasteiger charge is -2.29. The van der Waals surface area contributed by atoms with Crippen LogP contribution in [0.1, 0.15) is 43.7 Å². The maximum atomic E-state index is 13.2. The Morgan fingerprint density at radius 1 is 1.06 bits per heavy atom. The molecule has 1 aliphatic rings. The Labute approximate surface area is 209 Å². The summed E-state index contributed by atoms with van der Waals surface area (Å²) in [6.07, 6.45) is 4.27. The Morgan fingerprint density at radius 3 is 2.50 bits per heavy atom. The molecule has 0 spiro atoms. The largest absolute Gasteiger partial charge is 0.352 e. The number of thioether (sulfide) groups is 1. The van der Waals surface area contributed by atoms with Gasteiger partial charge in [0.25, 0.3) is 0 Å². The van der Waals surface area contributed by atoms with Crippen LogP contribution >= 0.6 is 46.6 Å². The highest BCUT2D eigenvalue weighted by Crippen LogP contribution is 2.25. The molecule has 0 radical (unpaired) electrons. The van der Waals surface area contributed by atoms with Crippen molar-refractivity contribution in [2.75, 3.05) is 5.75 Å². The second-order valence-corrected chi connectivity index (χ2v) is 10.3. The normalized spacial score (nSPS) is 14.9. The highest BCUT2D eigenvalue weighted by atomic mass is 35.5. The quantitative estimate of drug-likeness (QED) is 0.425. The van der Waals surface area contributed by atoms with Crippen molar-refractivity contribution in [2.24, 2.45) is 0 Å². The number of carbonyl (C=O) groups excluding carboxylic acids is 2. The third-order valence-electron chi connectivity index (χ3n) is 5.59. The van der Waals surface area contributed by atoms with Gasteiger partial charge in [-0.15, -0.1) is 11.8 Å². The Kier molecular flexibility index (Phi) is 9.60. The number of rotatable bonds is 9. The summed E-state index contributed by atoms with van der Waals surface area (Å²) in [5.74, 6) is 0.670. The fraction of sp³-hybridized carbons (Fsp3) is 0.417. The first-order valence-corrected chi connectivity index (χ1v) is 13.0. The average Bonchev–Trinajstić information content (AvgIpc) is 3.27. The van der Waals surface area contributed by atoms with Gasteiger partial charge in [0, 0.05) is 23.4 Å². The smallest absolute Gasteiger partial charge is 0.242 e. The lowest BCUT2D eigenvalue weighted by atomic mass is 10.1. The van der Waals surface area contributed by atoms with E-state index in [9.17, 15) is 9.59 Å². The molecule has 1 atom stereocenters. The summed E-state index contributed by atoms with van der Waals surface area (Å²) in [7, 11) is 0. The molecule has 4 nitrogen and oxygen atoms in total. The molecule has 0 aromatic heterocycles. The van der Waals surface area contributed by atoms with Crippen LogP contribution < -0.4 is 5.32 Å². The molecule has 32 heavy (non-hydrogen) atoms. The summed E-state index contributed by atoms with van der Waals surface area (Å²) in [4.78, 5) is 27.7. The first-order valence-electron chi connectivity index (χ1n) is 10.7. The van der Waals surface area contributed by atoms with E-state index in [-0.39, 0.29) is 23.6 Å². The molecule has 0 aliphatic heterocycles. The Morgan fingerprint density at radius 2 is 1.81 bits per heavy atom. The van der Waals surface area contributed by atoms with Gasteiger partial charge in [-0.1, -0.05) is 65.8 Å². The molecule has 172 valence electrons. The minimum atomic E-state index is -0.576. The van der Waals surface area contributed by atoms with Crippen molar-refractivity contribution in [3.8, 4) is 0 Å². The zero-order chi connectivity index (χ0) is 23.1. The van der Waals surface area contributed by atoms with Crippen molar-refractivity contribution in [1.82, 2.24) is 10.2 Å². The van der Waals surface area contributed by atoms with Gasteiger partial charge in [-0.05, 0) is 55.2 Å². The summed E-state index contributed by atoms with van der Waals surface area (Å²) < 4.78 is 0. The van der Waals surface area contributed by atoms with Crippen LogP contribution in [0.5, 0.6) is 0 Å². The van der Waals surface area contributed by atoms with Crippen LogP contribution in [0.4, 0.5) is 0 Å². The number of amides is 2. The lowest BCUT2D eigenvalue weighted by Crippen LogP contribution is -2.50. The Balaban J connectivity index is 1.66. The zero-order valence-electron chi connectivity index (χ0n) is 18.0. The molecule has 0 heterocycles. The molecule has 0 unspecified atom stereocenters. The fourth-order valence-electron chi connectivity index (χ4n) is 3.78. The van der Waals surface area contributed by atoms with Gasteiger partial charge in [0.1, 0.15) is 6.04 Å². The molecule has 1 aliphatic carbocycles. The van der Waals surface area contributed by atoms with Crippen LogP contribution in [0.3, 0.4) is 0 Å². The number of hydrogen-bond acceptors (Lipinski definition) is 3. The molecule has 1 N–H and O–H groups in total. The van der Waals surface area contributed by atoms with Gasteiger partial charge in [0.05, 0.1) is 15.8 Å². The van der Waals surface area contributed by atoms with E-state index in [0.29, 0.717) is 27.4 Å². The summed E-state index contributed by atoms with van der Waals surface area (Å²) in [5.41, 5.74) is 1.88. The predicted octanol–water partition coefficient (Wildman–Crippen LogP) is 6.36. The van der Waals surface area contributed by atoms with Crippen molar-refractivity contribution in [3.05, 3.63) is 68.7 Å². The topological polar surface area (TPSA) is 49.4 Å². The predicted molar refractivity (Wildman–Crippen MR) is 134 cm³/mol. The summed E-state index contributed by atoms with van der Waals surface area (Å²) in [6.45, 7) is 2.11. The van der Waals surface area contributed by atoms with Gasteiger partial charge in [0.2, 0.25) is 11.8 Å². The minimum absolute atomic E-state index is 0.0934. The molecule has 1 fully saturated rings. The van der Waals surface area contributed by atoms with Crippen LogP contribution in [0.2, 0.25) is 15.1 Å². The molecular formula is C24H27Cl3N2O2S. The van der Waals surface area contributed by atoms with Gasteiger partial charge in [-0.25, -0.2) is 0 Å². The summed E-state index contributed by atoms with van der Waals surface area (Å²) in [6, 6.07) is 12.5. The minimum Gasteiger partial charge on any atom is -0.352 e. The van der Waals surface area contributed by atoms with E-state index in [4.69, 9.17) is 34.8 Å². The summed E-state index contributed by atoms with van der Waals surface area (Å²) >= 11 is 19.7. The van der Waals surface area contributed by atoms with Crippen LogP contribution in [0.25, 0.3) is 0 Å². The van der Waals surface area contributed by atoms with Crippen LogP contribution in [0, 0.1) is 0 Å². The average molecular weight is 514 g/mol. The number of carbonyl (C=O) groups is 2. The molecule has 2 amide bonds. The first kappa shape index (κ1) is 25.2. The van der Waals surface area contributed by atoms with Gasteiger partial charge < -0.3 is 10.2 Å². The van der Waals surface area contributed by atoms with E-state index in [2.05, 4.69) is 5.32 Å². The van der Waals surface area contributed by atoms with Crippen molar-refractivity contribution < 1.29 is 9.59 Å². The standard InChI is InChI=1S/C24H27Cl3N2O2S/c1-16(24(31)28-20-7-2-3-8-20)29(13-17-5-4-6-19(25)11-17)23(30)15-32-14-18-9-10-21(26)22(27)12-18/h4-6,9-12,16,20H,2-3,7-8,13-15H2,1H3,(H,28,31)/t16-/m1/s1. The molecule has 1 saturated carbocycles. The molecule has 2 aromatic carbocycles. The van der Waals surface area contributed by atoms with E-state index in [1.807, 2.05) is 30.3 Å². The molecule has 3 rings (SSSR count). The number of benzene rings is 2. The maximum Gasteiger partial charge on any atom is 0.242 e. The highest BCUT2D eigenvalue weighted by molar-refractivity contribution is 7.99. The number of nitrogens with zero attached hydrogens (tertiary/aromatic N) is 1. The van der Waals surface area contributed by atoms with Crippen LogP contribution in [-0.4, -0.2) is 34.6 Å². The van der Waals surface area contributed by atoms with Crippen LogP contribution in [-0.2, 0) is 21.9 Å². The third-order valence-corrected chi connectivity index (χ3v) is 7.55. The van der Waals surface area contributed by atoms with E-state index in [1.165, 1.54) is 11.8 Å². The van der Waals surface area contributed by atoms with Crippen LogP contribution in [0.15, 0.2) is 42.5 Å². The molecule has 0 saturated heterocycles. The molecule has 2 aromatic rings. The highest BCUT2D eigenvalue weighted by Gasteiger charge is 2.28. The molecule has 0 bridgehead atoms. The van der Waals surface area contributed by atoms with E-state index < -0.39 is 6.04 Å². The third kappa shape index (κ3) is 7.31. The van der Waals surface area contributed by atoms with E-state index in [1.54, 1.807) is 24.0 Å². The summed E-state index contributed by atoms with van der Waals surface area (Å²) in [5, 5.41) is 4.72. The van der Waals surface area contributed by atoms with Crippen molar-refractivity contribution >= 4 is 58.4 Å². The lowest BCUT2D eigenvalue weighted by molar-refractivity contribution is -0.138.